The highest BCUT2D eigenvalue weighted by Gasteiger charge is 2.24. The Labute approximate surface area is 147 Å². The molecule has 2 atom stereocenters. The molecule has 2 rings (SSSR count). The number of rotatable bonds is 10. The minimum Gasteiger partial charge on any atom is -0.396 e. The molecular weight excluding hydrogens is 294 g/mol. The van der Waals surface area contributed by atoms with Gasteiger partial charge in [-0.15, -0.1) is 0 Å². The molecule has 0 heterocycles. The van der Waals surface area contributed by atoms with Crippen molar-refractivity contribution in [1.82, 2.24) is 4.90 Å². The monoisotopic (exact) mass is 325 g/mol. The van der Waals surface area contributed by atoms with Gasteiger partial charge in [-0.1, -0.05) is 80.4 Å². The summed E-state index contributed by atoms with van der Waals surface area (Å²) in [4.78, 5) is 2.57. The third kappa shape index (κ3) is 5.47. The highest BCUT2D eigenvalue weighted by molar-refractivity contribution is 5.20. The molecule has 0 spiro atoms. The van der Waals surface area contributed by atoms with Crippen molar-refractivity contribution in [2.45, 2.75) is 58.2 Å². The fourth-order valence-electron chi connectivity index (χ4n) is 3.36. The van der Waals surface area contributed by atoms with Crippen LogP contribution in [-0.4, -0.2) is 22.7 Å². The van der Waals surface area contributed by atoms with Crippen molar-refractivity contribution in [1.29, 1.82) is 0 Å². The van der Waals surface area contributed by atoms with Crippen LogP contribution in [0.5, 0.6) is 0 Å². The molecule has 0 aromatic heterocycles. The van der Waals surface area contributed by atoms with E-state index in [1.54, 1.807) is 0 Å². The average Bonchev–Trinajstić information content (AvgIpc) is 2.64. The van der Waals surface area contributed by atoms with Crippen LogP contribution in [0.2, 0.25) is 0 Å². The van der Waals surface area contributed by atoms with Crippen molar-refractivity contribution in [3.05, 3.63) is 71.8 Å². The average molecular weight is 325 g/mol. The minimum atomic E-state index is 0.251. The Morgan fingerprint density at radius 3 is 2.12 bits per heavy atom. The second-order valence-electron chi connectivity index (χ2n) is 6.55. The molecule has 0 saturated heterocycles. The van der Waals surface area contributed by atoms with Gasteiger partial charge in [0, 0.05) is 25.2 Å². The maximum atomic E-state index is 9.58. The van der Waals surface area contributed by atoms with E-state index in [-0.39, 0.29) is 6.61 Å². The molecular formula is C22H31NO. The van der Waals surface area contributed by atoms with Crippen molar-refractivity contribution >= 4 is 0 Å². The molecule has 2 heteroatoms. The number of benzene rings is 2. The molecule has 0 aliphatic rings. The van der Waals surface area contributed by atoms with Crippen LogP contribution in [0.1, 0.15) is 56.7 Å². The summed E-state index contributed by atoms with van der Waals surface area (Å²) in [6.45, 7) is 5.69. The minimum absolute atomic E-state index is 0.251. The summed E-state index contributed by atoms with van der Waals surface area (Å²) in [6.07, 6.45) is 4.38. The second-order valence-corrected chi connectivity index (χ2v) is 6.55. The maximum Gasteiger partial charge on any atom is 0.0445 e. The van der Waals surface area contributed by atoms with Gasteiger partial charge in [0.05, 0.1) is 0 Å². The lowest BCUT2D eigenvalue weighted by Crippen LogP contribution is -2.37. The molecule has 0 aliphatic carbocycles. The van der Waals surface area contributed by atoms with Crippen LogP contribution in [0.15, 0.2) is 60.7 Å². The van der Waals surface area contributed by atoms with Crippen molar-refractivity contribution < 1.29 is 5.11 Å². The van der Waals surface area contributed by atoms with E-state index in [1.165, 1.54) is 24.0 Å². The molecule has 2 aromatic carbocycles. The molecule has 0 amide bonds. The first kappa shape index (κ1) is 18.7. The lowest BCUT2D eigenvalue weighted by molar-refractivity contribution is 0.100. The first-order chi connectivity index (χ1) is 11.8. The number of nitrogens with zero attached hydrogens (tertiary/aromatic N) is 1. The van der Waals surface area contributed by atoms with Gasteiger partial charge in [-0.05, 0) is 30.9 Å². The second kappa shape index (κ2) is 10.3. The molecule has 1 unspecified atom stereocenters. The zero-order chi connectivity index (χ0) is 17.2. The Kier molecular flexibility index (Phi) is 8.00. The van der Waals surface area contributed by atoms with Crippen LogP contribution in [0.25, 0.3) is 0 Å². The number of unbranched alkanes of at least 4 members (excludes halogenated alkanes) is 1. The Morgan fingerprint density at radius 1 is 0.917 bits per heavy atom. The van der Waals surface area contributed by atoms with E-state index in [0.717, 1.165) is 19.4 Å². The molecule has 24 heavy (non-hydrogen) atoms. The highest BCUT2D eigenvalue weighted by atomic mass is 16.3. The van der Waals surface area contributed by atoms with Gasteiger partial charge in [-0.3, -0.25) is 4.90 Å². The van der Waals surface area contributed by atoms with E-state index in [0.29, 0.717) is 12.1 Å². The van der Waals surface area contributed by atoms with Gasteiger partial charge in [-0.2, -0.15) is 0 Å². The van der Waals surface area contributed by atoms with Gasteiger partial charge in [-0.25, -0.2) is 0 Å². The van der Waals surface area contributed by atoms with Gasteiger partial charge in [0.1, 0.15) is 0 Å². The Hall–Kier alpha value is -1.64. The lowest BCUT2D eigenvalue weighted by Gasteiger charge is -2.37. The van der Waals surface area contributed by atoms with Gasteiger partial charge in [0.25, 0.3) is 0 Å². The molecule has 0 saturated carbocycles. The number of aliphatic hydroxyl groups excluding tert-OH is 1. The number of hydrogen-bond acceptors (Lipinski definition) is 2. The van der Waals surface area contributed by atoms with E-state index >= 15 is 0 Å². The topological polar surface area (TPSA) is 23.5 Å². The zero-order valence-electron chi connectivity index (χ0n) is 15.1. The quantitative estimate of drug-likeness (QED) is 0.649. The van der Waals surface area contributed by atoms with Crippen molar-refractivity contribution in [2.24, 2.45) is 0 Å². The molecule has 0 fully saturated rings. The molecule has 2 aromatic rings. The SMILES string of the molecule is CCCCC(CCO)N(Cc1ccccc1)[C@H](C)c1ccccc1. The van der Waals surface area contributed by atoms with Crippen LogP contribution in [0.4, 0.5) is 0 Å². The van der Waals surface area contributed by atoms with Crippen molar-refractivity contribution in [2.75, 3.05) is 6.61 Å². The summed E-state index contributed by atoms with van der Waals surface area (Å²) < 4.78 is 0. The van der Waals surface area contributed by atoms with Crippen LogP contribution >= 0.6 is 0 Å². The van der Waals surface area contributed by atoms with Crippen LogP contribution in [0, 0.1) is 0 Å². The summed E-state index contributed by atoms with van der Waals surface area (Å²) in [6, 6.07) is 22.1. The molecule has 0 bridgehead atoms. The lowest BCUT2D eigenvalue weighted by atomic mass is 9.98. The highest BCUT2D eigenvalue weighted by Crippen LogP contribution is 2.28. The predicted octanol–water partition coefficient (Wildman–Crippen LogP) is 5.19. The largest absolute Gasteiger partial charge is 0.396 e. The van der Waals surface area contributed by atoms with Crippen LogP contribution in [-0.2, 0) is 6.54 Å². The normalized spacial score (nSPS) is 13.8. The van der Waals surface area contributed by atoms with E-state index in [4.69, 9.17) is 0 Å². The molecule has 0 aliphatic heterocycles. The van der Waals surface area contributed by atoms with Crippen LogP contribution in [0.3, 0.4) is 0 Å². The van der Waals surface area contributed by atoms with E-state index in [1.807, 2.05) is 0 Å². The Balaban J connectivity index is 2.24. The van der Waals surface area contributed by atoms with Crippen LogP contribution < -0.4 is 0 Å². The number of hydrogen-bond donors (Lipinski definition) is 1. The summed E-state index contributed by atoms with van der Waals surface area (Å²) in [7, 11) is 0. The zero-order valence-corrected chi connectivity index (χ0v) is 15.1. The smallest absolute Gasteiger partial charge is 0.0445 e. The third-order valence-electron chi connectivity index (χ3n) is 4.81. The summed E-state index contributed by atoms with van der Waals surface area (Å²) in [5, 5.41) is 9.58. The summed E-state index contributed by atoms with van der Waals surface area (Å²) in [5.41, 5.74) is 2.67. The molecule has 2 nitrogen and oxygen atoms in total. The van der Waals surface area contributed by atoms with Gasteiger partial charge < -0.3 is 5.11 Å². The Morgan fingerprint density at radius 2 is 1.54 bits per heavy atom. The van der Waals surface area contributed by atoms with E-state index in [9.17, 15) is 5.11 Å². The number of aliphatic hydroxyl groups is 1. The van der Waals surface area contributed by atoms with E-state index < -0.39 is 0 Å². The summed E-state index contributed by atoms with van der Waals surface area (Å²) >= 11 is 0. The third-order valence-corrected chi connectivity index (χ3v) is 4.81. The fourth-order valence-corrected chi connectivity index (χ4v) is 3.36. The molecule has 130 valence electrons. The predicted molar refractivity (Wildman–Crippen MR) is 102 cm³/mol. The van der Waals surface area contributed by atoms with Gasteiger partial charge >= 0.3 is 0 Å². The first-order valence-corrected chi connectivity index (χ1v) is 9.21. The molecule has 0 radical (unpaired) electrons. The molecule has 1 N–H and O–H groups in total. The van der Waals surface area contributed by atoms with Crippen molar-refractivity contribution in [3.63, 3.8) is 0 Å². The van der Waals surface area contributed by atoms with Gasteiger partial charge in [0.15, 0.2) is 0 Å². The first-order valence-electron chi connectivity index (χ1n) is 9.21. The fraction of sp³-hybridized carbons (Fsp3) is 0.455. The van der Waals surface area contributed by atoms with E-state index in [2.05, 4.69) is 79.4 Å². The standard InChI is InChI=1S/C22H31NO/c1-3-4-15-22(16-17-24)23(18-20-11-7-5-8-12-20)19(2)21-13-9-6-10-14-21/h5-14,19,22,24H,3-4,15-18H2,1-2H3/t19-,22?/m1/s1. The van der Waals surface area contributed by atoms with Crippen molar-refractivity contribution in [3.8, 4) is 0 Å². The Bertz CT molecular complexity index is 555. The van der Waals surface area contributed by atoms with Gasteiger partial charge in [0.2, 0.25) is 0 Å². The maximum absolute atomic E-state index is 9.58. The summed E-state index contributed by atoms with van der Waals surface area (Å²) in [5.74, 6) is 0.